The van der Waals surface area contributed by atoms with Crippen molar-refractivity contribution in [2.75, 3.05) is 7.11 Å². The minimum atomic E-state index is -0.0196. The van der Waals surface area contributed by atoms with E-state index in [2.05, 4.69) is 16.1 Å². The Balaban J connectivity index is 2.43. The second kappa shape index (κ2) is 4.24. The van der Waals surface area contributed by atoms with Crippen molar-refractivity contribution in [2.24, 2.45) is 5.11 Å². The van der Waals surface area contributed by atoms with Gasteiger partial charge in [0.2, 0.25) is 0 Å². The van der Waals surface area contributed by atoms with Crippen LogP contribution >= 0.6 is 0 Å². The van der Waals surface area contributed by atoms with Crippen molar-refractivity contribution in [1.82, 2.24) is 0 Å². The first-order valence-electron chi connectivity index (χ1n) is 5.06. The number of hydrogen-bond donors (Lipinski definition) is 0. The number of hydrogen-bond acceptors (Lipinski definition) is 2. The second-order valence-corrected chi connectivity index (χ2v) is 3.68. The maximum Gasteiger partial charge on any atom is 0.119 e. The normalized spacial score (nSPS) is 18.9. The summed E-state index contributed by atoms with van der Waals surface area (Å²) in [5.41, 5.74) is 10.9. The van der Waals surface area contributed by atoms with Gasteiger partial charge in [-0.15, -0.1) is 0 Å². The van der Waals surface area contributed by atoms with Crippen LogP contribution < -0.4 is 4.74 Å². The molecule has 1 atom stereocenters. The van der Waals surface area contributed by atoms with Gasteiger partial charge in [0.15, 0.2) is 0 Å². The lowest BCUT2D eigenvalue weighted by atomic mass is 9.88. The van der Waals surface area contributed by atoms with Crippen LogP contribution in [0.15, 0.2) is 23.3 Å². The standard InChI is InChI=1S/C11H13N3O/c1-15-9-6-5-8-3-2-4-11(13-14-12)10(8)7-9/h5-7,11H,2-4H2,1H3. The third-order valence-corrected chi connectivity index (χ3v) is 2.83. The van der Waals surface area contributed by atoms with Crippen LogP contribution in [-0.4, -0.2) is 7.11 Å². The Morgan fingerprint density at radius 2 is 2.40 bits per heavy atom. The molecule has 0 aliphatic heterocycles. The summed E-state index contributed by atoms with van der Waals surface area (Å²) in [5.74, 6) is 0.828. The van der Waals surface area contributed by atoms with Gasteiger partial charge >= 0.3 is 0 Å². The summed E-state index contributed by atoms with van der Waals surface area (Å²) in [6.07, 6.45) is 3.09. The zero-order valence-electron chi connectivity index (χ0n) is 8.68. The van der Waals surface area contributed by atoms with E-state index in [1.165, 1.54) is 5.56 Å². The van der Waals surface area contributed by atoms with Crippen LogP contribution in [0.2, 0.25) is 0 Å². The Kier molecular flexibility index (Phi) is 2.79. The number of methoxy groups -OCH3 is 1. The van der Waals surface area contributed by atoms with Crippen LogP contribution in [0, 0.1) is 0 Å². The Labute approximate surface area is 88.5 Å². The molecule has 1 aromatic rings. The van der Waals surface area contributed by atoms with E-state index in [4.69, 9.17) is 10.3 Å². The topological polar surface area (TPSA) is 58.0 Å². The van der Waals surface area contributed by atoms with E-state index in [0.717, 1.165) is 30.6 Å². The number of aryl methyl sites for hydroxylation is 1. The van der Waals surface area contributed by atoms with Gasteiger partial charge in [-0.2, -0.15) is 0 Å². The van der Waals surface area contributed by atoms with E-state index in [1.54, 1.807) is 7.11 Å². The molecule has 0 spiro atoms. The van der Waals surface area contributed by atoms with Crippen molar-refractivity contribution in [1.29, 1.82) is 0 Å². The number of benzene rings is 1. The Hall–Kier alpha value is -1.67. The van der Waals surface area contributed by atoms with Crippen molar-refractivity contribution in [3.63, 3.8) is 0 Å². The predicted molar refractivity (Wildman–Crippen MR) is 57.8 cm³/mol. The molecule has 1 aliphatic carbocycles. The summed E-state index contributed by atoms with van der Waals surface area (Å²) >= 11 is 0. The first-order valence-corrected chi connectivity index (χ1v) is 5.06. The van der Waals surface area contributed by atoms with Gasteiger partial charge in [0, 0.05) is 4.91 Å². The Bertz CT molecular complexity index is 410. The van der Waals surface area contributed by atoms with Gasteiger partial charge in [-0.3, -0.25) is 0 Å². The quantitative estimate of drug-likeness (QED) is 0.413. The molecule has 1 aliphatic rings. The Morgan fingerprint density at radius 3 is 3.13 bits per heavy atom. The number of azide groups is 1. The molecule has 0 saturated heterocycles. The number of fused-ring (bicyclic) bond motifs is 1. The highest BCUT2D eigenvalue weighted by atomic mass is 16.5. The van der Waals surface area contributed by atoms with Gasteiger partial charge in [-0.05, 0) is 48.1 Å². The lowest BCUT2D eigenvalue weighted by Crippen LogP contribution is -2.07. The fourth-order valence-corrected chi connectivity index (χ4v) is 2.06. The van der Waals surface area contributed by atoms with Gasteiger partial charge in [-0.25, -0.2) is 0 Å². The highest BCUT2D eigenvalue weighted by Crippen LogP contribution is 2.34. The van der Waals surface area contributed by atoms with Gasteiger partial charge in [0.05, 0.1) is 13.2 Å². The summed E-state index contributed by atoms with van der Waals surface area (Å²) in [5, 5.41) is 3.83. The molecule has 0 saturated carbocycles. The van der Waals surface area contributed by atoms with E-state index < -0.39 is 0 Å². The fourth-order valence-electron chi connectivity index (χ4n) is 2.06. The highest BCUT2D eigenvalue weighted by Gasteiger charge is 2.19. The fraction of sp³-hybridized carbons (Fsp3) is 0.455. The van der Waals surface area contributed by atoms with Crippen LogP contribution in [0.4, 0.5) is 0 Å². The van der Waals surface area contributed by atoms with Gasteiger partial charge in [-0.1, -0.05) is 11.2 Å². The average Bonchev–Trinajstić information content (AvgIpc) is 2.29. The lowest BCUT2D eigenvalue weighted by Gasteiger charge is -2.22. The van der Waals surface area contributed by atoms with Crippen molar-refractivity contribution in [3.05, 3.63) is 39.8 Å². The van der Waals surface area contributed by atoms with Crippen LogP contribution in [0.1, 0.15) is 30.0 Å². The first kappa shape index (κ1) is 9.87. The van der Waals surface area contributed by atoms with E-state index in [1.807, 2.05) is 12.1 Å². The molecular formula is C11H13N3O. The molecule has 0 bridgehead atoms. The zero-order valence-corrected chi connectivity index (χ0v) is 8.68. The molecule has 0 fully saturated rings. The maximum absolute atomic E-state index is 8.50. The third-order valence-electron chi connectivity index (χ3n) is 2.83. The molecule has 0 heterocycles. The molecule has 4 nitrogen and oxygen atoms in total. The van der Waals surface area contributed by atoms with Crippen molar-refractivity contribution in [2.45, 2.75) is 25.3 Å². The van der Waals surface area contributed by atoms with Crippen LogP contribution in [0.3, 0.4) is 0 Å². The molecule has 78 valence electrons. The molecule has 1 aromatic carbocycles. The smallest absolute Gasteiger partial charge is 0.119 e. The van der Waals surface area contributed by atoms with Crippen molar-refractivity contribution >= 4 is 0 Å². The van der Waals surface area contributed by atoms with Gasteiger partial charge in [0.1, 0.15) is 5.75 Å². The Morgan fingerprint density at radius 1 is 1.53 bits per heavy atom. The number of nitrogens with zero attached hydrogens (tertiary/aromatic N) is 3. The van der Waals surface area contributed by atoms with Crippen LogP contribution in [0.25, 0.3) is 10.4 Å². The highest BCUT2D eigenvalue weighted by molar-refractivity contribution is 5.39. The molecule has 0 amide bonds. The van der Waals surface area contributed by atoms with Gasteiger partial charge in [0.25, 0.3) is 0 Å². The van der Waals surface area contributed by atoms with Gasteiger partial charge < -0.3 is 4.74 Å². The SMILES string of the molecule is COc1ccc2c(c1)C(N=[N+]=[N-])CCC2. The zero-order chi connectivity index (χ0) is 10.7. The summed E-state index contributed by atoms with van der Waals surface area (Å²) in [6.45, 7) is 0. The van der Waals surface area contributed by atoms with E-state index >= 15 is 0 Å². The van der Waals surface area contributed by atoms with Crippen molar-refractivity contribution < 1.29 is 4.74 Å². The molecule has 0 radical (unpaired) electrons. The number of ether oxygens (including phenoxy) is 1. The molecular weight excluding hydrogens is 190 g/mol. The second-order valence-electron chi connectivity index (χ2n) is 3.68. The van der Waals surface area contributed by atoms with Crippen molar-refractivity contribution in [3.8, 4) is 5.75 Å². The molecule has 2 rings (SSSR count). The first-order chi connectivity index (χ1) is 7.35. The lowest BCUT2D eigenvalue weighted by molar-refractivity contribution is 0.412. The molecule has 1 unspecified atom stereocenters. The maximum atomic E-state index is 8.50. The number of rotatable bonds is 2. The molecule has 0 aromatic heterocycles. The van der Waals surface area contributed by atoms with Crippen LogP contribution in [-0.2, 0) is 6.42 Å². The molecule has 4 heteroatoms. The van der Waals surface area contributed by atoms with E-state index in [9.17, 15) is 0 Å². The minimum absolute atomic E-state index is 0.0196. The average molecular weight is 203 g/mol. The summed E-state index contributed by atoms with van der Waals surface area (Å²) in [7, 11) is 1.65. The molecule has 15 heavy (non-hydrogen) atoms. The largest absolute Gasteiger partial charge is 0.497 e. The van der Waals surface area contributed by atoms with Crippen LogP contribution in [0.5, 0.6) is 5.75 Å². The minimum Gasteiger partial charge on any atom is -0.497 e. The van der Waals surface area contributed by atoms with E-state index in [-0.39, 0.29) is 6.04 Å². The third kappa shape index (κ3) is 1.90. The van der Waals surface area contributed by atoms with E-state index in [0.29, 0.717) is 0 Å². The summed E-state index contributed by atoms with van der Waals surface area (Å²) < 4.78 is 5.17. The predicted octanol–water partition coefficient (Wildman–Crippen LogP) is 3.38. The summed E-state index contributed by atoms with van der Waals surface area (Å²) in [4.78, 5) is 2.90. The monoisotopic (exact) mass is 203 g/mol. The summed E-state index contributed by atoms with van der Waals surface area (Å²) in [6, 6.07) is 5.98. The molecule has 0 N–H and O–H groups in total.